The molecule has 0 heterocycles. The summed E-state index contributed by atoms with van der Waals surface area (Å²) in [5.41, 5.74) is 1.58. The fourth-order valence-corrected chi connectivity index (χ4v) is 2.40. The lowest BCUT2D eigenvalue weighted by Gasteiger charge is -2.10. The number of hydrogen-bond donors (Lipinski definition) is 2. The van der Waals surface area contributed by atoms with Crippen molar-refractivity contribution in [3.63, 3.8) is 0 Å². The van der Waals surface area contributed by atoms with E-state index in [1.807, 2.05) is 12.1 Å². The normalized spacial score (nSPS) is 19.0. The lowest BCUT2D eigenvalue weighted by Crippen LogP contribution is -2.32. The molecular weight excluding hydrogens is 276 g/mol. The maximum atomic E-state index is 11.9. The van der Waals surface area contributed by atoms with Gasteiger partial charge >= 0.3 is 0 Å². The average Bonchev–Trinajstić information content (AvgIpc) is 3.37. The van der Waals surface area contributed by atoms with Gasteiger partial charge in [-0.05, 0) is 62.3 Å². The van der Waals surface area contributed by atoms with Crippen molar-refractivity contribution < 1.29 is 9.59 Å². The summed E-state index contributed by atoms with van der Waals surface area (Å²) in [6.07, 6.45) is 7.93. The van der Waals surface area contributed by atoms with Crippen molar-refractivity contribution in [2.45, 2.75) is 44.7 Å². The van der Waals surface area contributed by atoms with Crippen LogP contribution in [0.1, 0.15) is 48.5 Å². The molecule has 0 aliphatic heterocycles. The van der Waals surface area contributed by atoms with Crippen LogP contribution in [0.5, 0.6) is 0 Å². The average molecular weight is 298 g/mol. The van der Waals surface area contributed by atoms with E-state index in [-0.39, 0.29) is 17.9 Å². The van der Waals surface area contributed by atoms with Gasteiger partial charge in [0.05, 0.1) is 0 Å². The van der Waals surface area contributed by atoms with Gasteiger partial charge in [0, 0.05) is 23.7 Å². The van der Waals surface area contributed by atoms with Gasteiger partial charge in [0.2, 0.25) is 5.91 Å². The summed E-state index contributed by atoms with van der Waals surface area (Å²) in [7, 11) is 0. The van der Waals surface area contributed by atoms with E-state index in [1.54, 1.807) is 24.3 Å². The Hall–Kier alpha value is -2.10. The van der Waals surface area contributed by atoms with Crippen LogP contribution < -0.4 is 10.6 Å². The highest BCUT2D eigenvalue weighted by atomic mass is 16.2. The first-order valence-electron chi connectivity index (χ1n) is 8.01. The summed E-state index contributed by atoms with van der Waals surface area (Å²) < 4.78 is 0. The SMILES string of the molecule is CC(NC(=O)/C=C/c1ccc(C(=O)NC2CC2)cc1)C1CC1. The van der Waals surface area contributed by atoms with E-state index in [1.165, 1.54) is 12.8 Å². The van der Waals surface area contributed by atoms with Crippen LogP contribution in [0.4, 0.5) is 0 Å². The van der Waals surface area contributed by atoms with Gasteiger partial charge < -0.3 is 10.6 Å². The predicted octanol–water partition coefficient (Wildman–Crippen LogP) is 2.51. The van der Waals surface area contributed by atoms with Crippen LogP contribution >= 0.6 is 0 Å². The highest BCUT2D eigenvalue weighted by Gasteiger charge is 2.28. The van der Waals surface area contributed by atoms with E-state index < -0.39 is 0 Å². The van der Waals surface area contributed by atoms with Crippen molar-refractivity contribution in [1.29, 1.82) is 0 Å². The van der Waals surface area contributed by atoms with Gasteiger partial charge in [-0.15, -0.1) is 0 Å². The van der Waals surface area contributed by atoms with Crippen LogP contribution in [0.3, 0.4) is 0 Å². The number of rotatable bonds is 6. The van der Waals surface area contributed by atoms with Crippen LogP contribution in [0.2, 0.25) is 0 Å². The minimum Gasteiger partial charge on any atom is -0.350 e. The lowest BCUT2D eigenvalue weighted by molar-refractivity contribution is -0.117. The van der Waals surface area contributed by atoms with Crippen molar-refractivity contribution >= 4 is 17.9 Å². The zero-order valence-corrected chi connectivity index (χ0v) is 12.8. The zero-order valence-electron chi connectivity index (χ0n) is 12.8. The molecule has 1 atom stereocenters. The van der Waals surface area contributed by atoms with Gasteiger partial charge in [0.1, 0.15) is 0 Å². The van der Waals surface area contributed by atoms with Crippen molar-refractivity contribution in [3.8, 4) is 0 Å². The van der Waals surface area contributed by atoms with Crippen molar-refractivity contribution in [2.75, 3.05) is 0 Å². The molecule has 2 saturated carbocycles. The number of benzene rings is 1. The Morgan fingerprint density at radius 2 is 1.82 bits per heavy atom. The highest BCUT2D eigenvalue weighted by molar-refractivity contribution is 5.95. The molecule has 2 aliphatic carbocycles. The number of amides is 2. The van der Waals surface area contributed by atoms with Gasteiger partial charge in [-0.1, -0.05) is 12.1 Å². The molecule has 2 fully saturated rings. The molecule has 2 amide bonds. The van der Waals surface area contributed by atoms with Crippen LogP contribution in [0, 0.1) is 5.92 Å². The topological polar surface area (TPSA) is 58.2 Å². The number of nitrogens with one attached hydrogen (secondary N) is 2. The Morgan fingerprint density at radius 3 is 2.41 bits per heavy atom. The molecule has 0 spiro atoms. The van der Waals surface area contributed by atoms with Gasteiger partial charge in [-0.25, -0.2) is 0 Å². The predicted molar refractivity (Wildman–Crippen MR) is 86.3 cm³/mol. The van der Waals surface area contributed by atoms with E-state index in [9.17, 15) is 9.59 Å². The minimum absolute atomic E-state index is 0.0194. The largest absolute Gasteiger partial charge is 0.350 e. The second-order valence-electron chi connectivity index (χ2n) is 6.34. The minimum atomic E-state index is -0.0602. The van der Waals surface area contributed by atoms with Gasteiger partial charge in [0.25, 0.3) is 5.91 Å². The van der Waals surface area contributed by atoms with E-state index in [4.69, 9.17) is 0 Å². The Bertz CT molecular complexity index is 584. The summed E-state index contributed by atoms with van der Waals surface area (Å²) >= 11 is 0. The van der Waals surface area contributed by atoms with E-state index in [0.29, 0.717) is 17.5 Å². The quantitative estimate of drug-likeness (QED) is 0.793. The van der Waals surface area contributed by atoms with Gasteiger partial charge in [-0.2, -0.15) is 0 Å². The number of carbonyl (C=O) groups is 2. The standard InChI is InChI=1S/C18H22N2O2/c1-12(14-7-8-14)19-17(21)11-4-13-2-5-15(6-3-13)18(22)20-16-9-10-16/h2-6,11-12,14,16H,7-10H2,1H3,(H,19,21)(H,20,22)/b11-4+. The molecule has 3 rings (SSSR count). The molecule has 1 aromatic rings. The summed E-state index contributed by atoms with van der Waals surface area (Å²) in [5, 5.41) is 5.94. The summed E-state index contributed by atoms with van der Waals surface area (Å²) in [6.45, 7) is 2.05. The molecule has 1 aromatic carbocycles. The maximum absolute atomic E-state index is 11.9. The van der Waals surface area contributed by atoms with Crippen molar-refractivity contribution in [2.24, 2.45) is 5.92 Å². The monoisotopic (exact) mass is 298 g/mol. The molecular formula is C18H22N2O2. The number of hydrogen-bond acceptors (Lipinski definition) is 2. The second kappa shape index (κ2) is 6.34. The molecule has 0 aromatic heterocycles. The Kier molecular flexibility index (Phi) is 4.27. The van der Waals surface area contributed by atoms with Crippen molar-refractivity contribution in [1.82, 2.24) is 10.6 Å². The van der Waals surface area contributed by atoms with Crippen LogP contribution in [0.15, 0.2) is 30.3 Å². The first-order chi connectivity index (χ1) is 10.6. The van der Waals surface area contributed by atoms with Crippen LogP contribution in [-0.4, -0.2) is 23.9 Å². The summed E-state index contributed by atoms with van der Waals surface area (Å²) in [5.74, 6) is 0.575. The third kappa shape index (κ3) is 4.20. The van der Waals surface area contributed by atoms with E-state index >= 15 is 0 Å². The highest BCUT2D eigenvalue weighted by Crippen LogP contribution is 2.32. The molecule has 1 unspecified atom stereocenters. The lowest BCUT2D eigenvalue weighted by atomic mass is 10.1. The summed E-state index contributed by atoms with van der Waals surface area (Å²) in [6, 6.07) is 7.92. The third-order valence-corrected chi connectivity index (χ3v) is 4.21. The summed E-state index contributed by atoms with van der Waals surface area (Å²) in [4.78, 5) is 23.7. The smallest absolute Gasteiger partial charge is 0.251 e. The first-order valence-corrected chi connectivity index (χ1v) is 8.01. The molecule has 4 nitrogen and oxygen atoms in total. The second-order valence-corrected chi connectivity index (χ2v) is 6.34. The van der Waals surface area contributed by atoms with Crippen molar-refractivity contribution in [3.05, 3.63) is 41.5 Å². The molecule has 2 aliphatic rings. The maximum Gasteiger partial charge on any atom is 0.251 e. The van der Waals surface area contributed by atoms with Crippen LogP contribution in [0.25, 0.3) is 6.08 Å². The van der Waals surface area contributed by atoms with E-state index in [2.05, 4.69) is 17.6 Å². The molecule has 0 radical (unpaired) electrons. The first kappa shape index (κ1) is 14.8. The molecule has 4 heteroatoms. The molecule has 116 valence electrons. The molecule has 0 bridgehead atoms. The molecule has 22 heavy (non-hydrogen) atoms. The Balaban J connectivity index is 1.51. The van der Waals surface area contributed by atoms with E-state index in [0.717, 1.165) is 18.4 Å². The Labute approximate surface area is 131 Å². The van der Waals surface area contributed by atoms with Gasteiger partial charge in [-0.3, -0.25) is 9.59 Å². The van der Waals surface area contributed by atoms with Crippen LogP contribution in [-0.2, 0) is 4.79 Å². The Morgan fingerprint density at radius 1 is 1.14 bits per heavy atom. The molecule has 0 saturated heterocycles. The fourth-order valence-electron chi connectivity index (χ4n) is 2.40. The fraction of sp³-hybridized carbons (Fsp3) is 0.444. The molecule has 2 N–H and O–H groups in total. The van der Waals surface area contributed by atoms with Gasteiger partial charge in [0.15, 0.2) is 0 Å². The number of carbonyl (C=O) groups excluding carboxylic acids is 2. The zero-order chi connectivity index (χ0) is 15.5. The third-order valence-electron chi connectivity index (χ3n) is 4.21.